The summed E-state index contributed by atoms with van der Waals surface area (Å²) in [6.07, 6.45) is 0. The van der Waals surface area contributed by atoms with E-state index < -0.39 is 4.92 Å². The predicted molar refractivity (Wildman–Crippen MR) is 110 cm³/mol. The molecule has 6 nitrogen and oxygen atoms in total. The zero-order valence-electron chi connectivity index (χ0n) is 14.6. The van der Waals surface area contributed by atoms with E-state index in [0.29, 0.717) is 22.8 Å². The fourth-order valence-electron chi connectivity index (χ4n) is 2.57. The quantitative estimate of drug-likeness (QED) is 0.278. The van der Waals surface area contributed by atoms with Crippen LogP contribution in [0.1, 0.15) is 11.1 Å². The number of nitrogens with zero attached hydrogens (tertiary/aromatic N) is 1. The van der Waals surface area contributed by atoms with Crippen molar-refractivity contribution in [3.63, 3.8) is 0 Å². The van der Waals surface area contributed by atoms with Crippen LogP contribution in [0.5, 0.6) is 5.75 Å². The molecule has 0 atom stereocenters. The summed E-state index contributed by atoms with van der Waals surface area (Å²) in [6.45, 7) is 0.0586. The summed E-state index contributed by atoms with van der Waals surface area (Å²) >= 11 is 7.41. The molecule has 0 saturated heterocycles. The van der Waals surface area contributed by atoms with Gasteiger partial charge in [-0.3, -0.25) is 10.1 Å². The molecule has 28 heavy (non-hydrogen) atoms. The number of hydrogen-bond acceptors (Lipinski definition) is 6. The number of aromatic hydroxyl groups is 1. The number of halogens is 1. The van der Waals surface area contributed by atoms with Crippen molar-refractivity contribution >= 4 is 34.7 Å². The highest BCUT2D eigenvalue weighted by atomic mass is 35.5. The second kappa shape index (κ2) is 8.97. The maximum absolute atomic E-state index is 11.2. The second-order valence-electron chi connectivity index (χ2n) is 5.96. The number of hydrogen-bond donors (Lipinski definition) is 3. The lowest BCUT2D eigenvalue weighted by molar-refractivity contribution is -0.385. The van der Waals surface area contributed by atoms with Gasteiger partial charge in [0.05, 0.1) is 11.5 Å². The molecule has 0 fully saturated rings. The molecule has 0 aliphatic heterocycles. The summed E-state index contributed by atoms with van der Waals surface area (Å²) < 4.78 is 0. The lowest BCUT2D eigenvalue weighted by atomic mass is 10.1. The smallest absolute Gasteiger partial charge is 0.269 e. The molecule has 0 bridgehead atoms. The number of nitrogens with one attached hydrogen (secondary N) is 1. The molecule has 3 aromatic rings. The molecular weight excluding hydrogens is 400 g/mol. The number of nitro benzene ring substituents is 1. The van der Waals surface area contributed by atoms with Gasteiger partial charge in [0.15, 0.2) is 0 Å². The summed E-state index contributed by atoms with van der Waals surface area (Å²) in [5.74, 6) is 0.0161. The normalized spacial score (nSPS) is 10.6. The molecule has 3 N–H and O–H groups in total. The van der Waals surface area contributed by atoms with Crippen molar-refractivity contribution in [3.05, 3.63) is 86.9 Å². The maximum Gasteiger partial charge on any atom is 0.269 e. The van der Waals surface area contributed by atoms with Gasteiger partial charge < -0.3 is 15.5 Å². The average Bonchev–Trinajstić information content (AvgIpc) is 2.69. The highest BCUT2D eigenvalue weighted by Gasteiger charge is 2.12. The van der Waals surface area contributed by atoms with Gasteiger partial charge in [0.2, 0.25) is 0 Å². The first-order valence-electron chi connectivity index (χ1n) is 8.33. The number of aliphatic hydroxyl groups excluding tert-OH is 1. The van der Waals surface area contributed by atoms with Crippen molar-refractivity contribution in [1.29, 1.82) is 0 Å². The summed E-state index contributed by atoms with van der Waals surface area (Å²) in [6, 6.07) is 16.9. The van der Waals surface area contributed by atoms with Crippen molar-refractivity contribution in [3.8, 4) is 5.75 Å². The van der Waals surface area contributed by atoms with Gasteiger partial charge in [0.1, 0.15) is 5.75 Å². The Labute approximate surface area is 170 Å². The van der Waals surface area contributed by atoms with Crippen LogP contribution in [0.25, 0.3) is 0 Å². The Hall–Kier alpha value is -2.74. The van der Waals surface area contributed by atoms with E-state index in [9.17, 15) is 20.3 Å². The minimum atomic E-state index is -0.426. The summed E-state index contributed by atoms with van der Waals surface area (Å²) in [4.78, 5) is 12.6. The van der Waals surface area contributed by atoms with Crippen LogP contribution in [0.15, 0.2) is 70.5 Å². The number of rotatable bonds is 7. The Kier molecular flexibility index (Phi) is 6.41. The highest BCUT2D eigenvalue weighted by molar-refractivity contribution is 7.99. The van der Waals surface area contributed by atoms with Gasteiger partial charge in [-0.1, -0.05) is 23.4 Å². The molecule has 0 amide bonds. The molecule has 8 heteroatoms. The van der Waals surface area contributed by atoms with Gasteiger partial charge in [0.25, 0.3) is 5.69 Å². The van der Waals surface area contributed by atoms with Crippen molar-refractivity contribution in [2.24, 2.45) is 0 Å². The first kappa shape index (κ1) is 20.0. The van der Waals surface area contributed by atoms with E-state index >= 15 is 0 Å². The number of nitro groups is 1. The maximum atomic E-state index is 11.2. The molecule has 3 aromatic carbocycles. The lowest BCUT2D eigenvalue weighted by Gasteiger charge is -2.12. The van der Waals surface area contributed by atoms with Crippen LogP contribution in [-0.4, -0.2) is 15.1 Å². The van der Waals surface area contributed by atoms with Crippen LogP contribution >= 0.6 is 23.4 Å². The van der Waals surface area contributed by atoms with Crippen molar-refractivity contribution in [2.75, 3.05) is 5.32 Å². The van der Waals surface area contributed by atoms with Gasteiger partial charge in [0, 0.05) is 44.7 Å². The minimum Gasteiger partial charge on any atom is -0.508 e. The molecular formula is C20H17ClN2O4S. The summed E-state index contributed by atoms with van der Waals surface area (Å²) in [5, 5.41) is 33.9. The fourth-order valence-corrected chi connectivity index (χ4v) is 3.62. The first-order valence-corrected chi connectivity index (χ1v) is 9.53. The van der Waals surface area contributed by atoms with Crippen LogP contribution in [0, 0.1) is 10.1 Å². The van der Waals surface area contributed by atoms with Crippen molar-refractivity contribution in [2.45, 2.75) is 22.9 Å². The number of benzene rings is 3. The SMILES string of the molecule is O=[N+]([O-])c1ccc(Sc2ccc(Cl)cc2)c(CNc2ccc(O)c(CO)c2)c1. The molecule has 3 rings (SSSR count). The third-order valence-corrected chi connectivity index (χ3v) is 5.41. The van der Waals surface area contributed by atoms with E-state index in [1.54, 1.807) is 36.4 Å². The first-order chi connectivity index (χ1) is 13.5. The van der Waals surface area contributed by atoms with E-state index in [-0.39, 0.29) is 18.0 Å². The largest absolute Gasteiger partial charge is 0.508 e. The number of anilines is 1. The van der Waals surface area contributed by atoms with Crippen molar-refractivity contribution in [1.82, 2.24) is 0 Å². The topological polar surface area (TPSA) is 95.6 Å². The molecule has 0 heterocycles. The van der Waals surface area contributed by atoms with Crippen LogP contribution in [0.2, 0.25) is 5.02 Å². The molecule has 0 aromatic heterocycles. The highest BCUT2D eigenvalue weighted by Crippen LogP contribution is 2.34. The third-order valence-electron chi connectivity index (χ3n) is 4.03. The Balaban J connectivity index is 1.85. The predicted octanol–water partition coefficient (Wildman–Crippen LogP) is 5.21. The second-order valence-corrected chi connectivity index (χ2v) is 7.51. The molecule has 0 radical (unpaired) electrons. The fraction of sp³-hybridized carbons (Fsp3) is 0.100. The van der Waals surface area contributed by atoms with E-state index in [1.807, 2.05) is 12.1 Å². The Morgan fingerprint density at radius 3 is 2.46 bits per heavy atom. The Bertz CT molecular complexity index is 996. The number of aliphatic hydroxyl groups is 1. The van der Waals surface area contributed by atoms with Crippen LogP contribution in [0.4, 0.5) is 11.4 Å². The van der Waals surface area contributed by atoms with E-state index in [0.717, 1.165) is 15.4 Å². The molecule has 0 aliphatic carbocycles. The van der Waals surface area contributed by atoms with Gasteiger partial charge >= 0.3 is 0 Å². The van der Waals surface area contributed by atoms with Crippen molar-refractivity contribution < 1.29 is 15.1 Å². The van der Waals surface area contributed by atoms with E-state index in [4.69, 9.17) is 11.6 Å². The molecule has 0 saturated carbocycles. The average molecular weight is 417 g/mol. The molecule has 0 spiro atoms. The molecule has 144 valence electrons. The van der Waals surface area contributed by atoms with Crippen LogP contribution in [0.3, 0.4) is 0 Å². The standard InChI is InChI=1S/C20H17ClN2O4S/c21-15-1-5-18(6-2-15)28-20-8-4-17(23(26)27)10-13(20)11-22-16-3-7-19(25)14(9-16)12-24/h1-10,22,24-25H,11-12H2. The number of phenols is 1. The van der Waals surface area contributed by atoms with Gasteiger partial charge in [-0.15, -0.1) is 0 Å². The minimum absolute atomic E-state index is 0.0130. The van der Waals surface area contributed by atoms with Gasteiger partial charge in [-0.05, 0) is 54.1 Å². The lowest BCUT2D eigenvalue weighted by Crippen LogP contribution is -2.02. The van der Waals surface area contributed by atoms with E-state index in [1.165, 1.54) is 23.9 Å². The Morgan fingerprint density at radius 2 is 1.79 bits per heavy atom. The van der Waals surface area contributed by atoms with Gasteiger partial charge in [-0.25, -0.2) is 0 Å². The zero-order chi connectivity index (χ0) is 20.1. The monoisotopic (exact) mass is 416 g/mol. The zero-order valence-corrected chi connectivity index (χ0v) is 16.2. The summed E-state index contributed by atoms with van der Waals surface area (Å²) in [7, 11) is 0. The summed E-state index contributed by atoms with van der Waals surface area (Å²) in [5.41, 5.74) is 1.86. The molecule has 0 unspecified atom stereocenters. The van der Waals surface area contributed by atoms with E-state index in [2.05, 4.69) is 5.32 Å². The Morgan fingerprint density at radius 1 is 1.04 bits per heavy atom. The third kappa shape index (κ3) is 4.95. The van der Waals surface area contributed by atoms with Crippen LogP contribution < -0.4 is 5.32 Å². The van der Waals surface area contributed by atoms with Crippen LogP contribution in [-0.2, 0) is 13.2 Å². The van der Waals surface area contributed by atoms with Gasteiger partial charge in [-0.2, -0.15) is 0 Å². The number of non-ortho nitro benzene ring substituents is 1. The molecule has 0 aliphatic rings.